The fourth-order valence-electron chi connectivity index (χ4n) is 1.98. The number of amides is 2. The number of carbonyl (C=O) groups excluding carboxylic acids is 3. The van der Waals surface area contributed by atoms with Gasteiger partial charge >= 0.3 is 5.97 Å². The molecule has 24 heavy (non-hydrogen) atoms. The number of halogens is 1. The predicted octanol–water partition coefficient (Wildman–Crippen LogP) is 1.52. The molecule has 0 aliphatic heterocycles. The minimum absolute atomic E-state index is 0.0711. The van der Waals surface area contributed by atoms with Crippen LogP contribution in [-0.2, 0) is 14.3 Å². The van der Waals surface area contributed by atoms with Gasteiger partial charge in [0.25, 0.3) is 11.8 Å². The molecule has 0 radical (unpaired) electrons. The lowest BCUT2D eigenvalue weighted by Gasteiger charge is -2.22. The Morgan fingerprint density at radius 2 is 2.00 bits per heavy atom. The fraction of sp³-hybridized carbons (Fsp3) is 0.438. The zero-order valence-corrected chi connectivity index (χ0v) is 14.6. The fourth-order valence-corrected chi connectivity index (χ4v) is 2.15. The van der Waals surface area contributed by atoms with E-state index in [1.165, 1.54) is 25.3 Å². The number of primary amides is 1. The van der Waals surface area contributed by atoms with Crippen LogP contribution < -0.4 is 15.8 Å². The van der Waals surface area contributed by atoms with Gasteiger partial charge in [0, 0.05) is 5.02 Å². The summed E-state index contributed by atoms with van der Waals surface area (Å²) in [7, 11) is 1.26. The van der Waals surface area contributed by atoms with Crippen LogP contribution in [0.3, 0.4) is 0 Å². The lowest BCUT2D eigenvalue weighted by molar-refractivity contribution is -0.146. The second-order valence-electron chi connectivity index (χ2n) is 5.25. The lowest BCUT2D eigenvalue weighted by Crippen LogP contribution is -2.47. The molecule has 0 saturated carbocycles. The minimum atomic E-state index is -0.767. The van der Waals surface area contributed by atoms with E-state index in [9.17, 15) is 14.4 Å². The van der Waals surface area contributed by atoms with Gasteiger partial charge in [0.2, 0.25) is 0 Å². The number of nitrogens with two attached hydrogens (primary N) is 1. The average molecular weight is 357 g/mol. The Kier molecular flexibility index (Phi) is 7.51. The quantitative estimate of drug-likeness (QED) is 0.686. The molecule has 132 valence electrons. The van der Waals surface area contributed by atoms with Gasteiger partial charge in [-0.05, 0) is 24.1 Å². The van der Waals surface area contributed by atoms with E-state index in [-0.39, 0.29) is 23.8 Å². The third kappa shape index (κ3) is 5.42. The first kappa shape index (κ1) is 19.8. The number of carbonyl (C=O) groups is 3. The lowest BCUT2D eigenvalue weighted by atomic mass is 9.99. The highest BCUT2D eigenvalue weighted by Gasteiger charge is 2.26. The monoisotopic (exact) mass is 356 g/mol. The highest BCUT2D eigenvalue weighted by molar-refractivity contribution is 6.31. The number of nitrogens with one attached hydrogen (secondary N) is 1. The Balaban J connectivity index is 2.75. The van der Waals surface area contributed by atoms with E-state index in [1.54, 1.807) is 0 Å². The molecule has 0 heterocycles. The van der Waals surface area contributed by atoms with E-state index in [0.717, 1.165) is 0 Å². The zero-order chi connectivity index (χ0) is 18.3. The number of methoxy groups -OCH3 is 1. The van der Waals surface area contributed by atoms with Crippen LogP contribution in [0.4, 0.5) is 0 Å². The van der Waals surface area contributed by atoms with Gasteiger partial charge in [-0.2, -0.15) is 0 Å². The standard InChI is InChI=1S/C16H21ClN2O5/c1-4-9(2)14(16(22)23-3)19-13(20)8-24-12-6-5-10(17)7-11(12)15(18)21/h5-7,9,14H,4,8H2,1-3H3,(H2,18,21)(H,19,20)/t9-,14-/m1/s1. The third-order valence-electron chi connectivity index (χ3n) is 3.55. The molecule has 7 nitrogen and oxygen atoms in total. The van der Waals surface area contributed by atoms with E-state index in [4.69, 9.17) is 26.8 Å². The molecule has 8 heteroatoms. The van der Waals surface area contributed by atoms with E-state index >= 15 is 0 Å². The van der Waals surface area contributed by atoms with Crippen LogP contribution in [0, 0.1) is 5.92 Å². The van der Waals surface area contributed by atoms with E-state index in [1.807, 2.05) is 13.8 Å². The Morgan fingerprint density at radius 1 is 1.33 bits per heavy atom. The summed E-state index contributed by atoms with van der Waals surface area (Å²) >= 11 is 5.80. The number of hydrogen-bond donors (Lipinski definition) is 2. The normalized spacial score (nSPS) is 12.8. The maximum absolute atomic E-state index is 12.0. The van der Waals surface area contributed by atoms with Crippen LogP contribution in [0.25, 0.3) is 0 Å². The van der Waals surface area contributed by atoms with Gasteiger partial charge in [-0.25, -0.2) is 4.79 Å². The van der Waals surface area contributed by atoms with Crippen molar-refractivity contribution in [3.63, 3.8) is 0 Å². The van der Waals surface area contributed by atoms with Crippen molar-refractivity contribution in [1.82, 2.24) is 5.32 Å². The summed E-state index contributed by atoms with van der Waals surface area (Å²) in [6, 6.07) is 3.55. The van der Waals surface area contributed by atoms with Gasteiger partial charge in [-0.3, -0.25) is 9.59 Å². The van der Waals surface area contributed by atoms with Crippen molar-refractivity contribution in [2.45, 2.75) is 26.3 Å². The number of ether oxygens (including phenoxy) is 2. The number of benzene rings is 1. The Morgan fingerprint density at radius 3 is 2.54 bits per heavy atom. The number of hydrogen-bond acceptors (Lipinski definition) is 5. The summed E-state index contributed by atoms with van der Waals surface area (Å²) in [5.41, 5.74) is 5.32. The molecular formula is C16H21ClN2O5. The third-order valence-corrected chi connectivity index (χ3v) is 3.79. The van der Waals surface area contributed by atoms with Gasteiger partial charge in [0.05, 0.1) is 12.7 Å². The van der Waals surface area contributed by atoms with Crippen molar-refractivity contribution in [2.24, 2.45) is 11.7 Å². The molecule has 0 aromatic heterocycles. The second kappa shape index (κ2) is 9.12. The van der Waals surface area contributed by atoms with Crippen LogP contribution >= 0.6 is 11.6 Å². The van der Waals surface area contributed by atoms with Crippen LogP contribution in [0.15, 0.2) is 18.2 Å². The molecular weight excluding hydrogens is 336 g/mol. The zero-order valence-electron chi connectivity index (χ0n) is 13.8. The van der Waals surface area contributed by atoms with Crippen LogP contribution in [-0.4, -0.2) is 37.5 Å². The molecule has 0 aliphatic carbocycles. The molecule has 0 fully saturated rings. The van der Waals surface area contributed by atoms with Crippen molar-refractivity contribution in [1.29, 1.82) is 0 Å². The van der Waals surface area contributed by atoms with Crippen molar-refractivity contribution >= 4 is 29.4 Å². The Bertz CT molecular complexity index is 620. The molecule has 0 saturated heterocycles. The smallest absolute Gasteiger partial charge is 0.328 e. The number of rotatable bonds is 8. The van der Waals surface area contributed by atoms with E-state index in [0.29, 0.717) is 11.4 Å². The average Bonchev–Trinajstić information content (AvgIpc) is 2.56. The first-order valence-corrected chi connectivity index (χ1v) is 7.77. The number of esters is 1. The van der Waals surface area contributed by atoms with Crippen LogP contribution in [0.5, 0.6) is 5.75 Å². The van der Waals surface area contributed by atoms with E-state index in [2.05, 4.69) is 5.32 Å². The van der Waals surface area contributed by atoms with Gasteiger partial charge < -0.3 is 20.5 Å². The first-order valence-electron chi connectivity index (χ1n) is 7.39. The van der Waals surface area contributed by atoms with Crippen molar-refractivity contribution in [3.05, 3.63) is 28.8 Å². The molecule has 3 N–H and O–H groups in total. The molecule has 0 unspecified atom stereocenters. The molecule has 2 atom stereocenters. The molecule has 1 aromatic carbocycles. The van der Waals surface area contributed by atoms with Gasteiger partial charge in [0.15, 0.2) is 6.61 Å². The van der Waals surface area contributed by atoms with Crippen molar-refractivity contribution < 1.29 is 23.9 Å². The summed E-state index contributed by atoms with van der Waals surface area (Å²) in [4.78, 5) is 35.2. The van der Waals surface area contributed by atoms with Gasteiger partial charge in [-0.1, -0.05) is 31.9 Å². The van der Waals surface area contributed by atoms with Crippen LogP contribution in [0.2, 0.25) is 5.02 Å². The molecule has 0 aliphatic rings. The molecule has 0 bridgehead atoms. The minimum Gasteiger partial charge on any atom is -0.483 e. The summed E-state index contributed by atoms with van der Waals surface area (Å²) in [6.07, 6.45) is 0.684. The Labute approximate surface area is 145 Å². The Hall–Kier alpha value is -2.28. The van der Waals surface area contributed by atoms with E-state index < -0.39 is 23.8 Å². The molecule has 0 spiro atoms. The topological polar surface area (TPSA) is 108 Å². The molecule has 1 rings (SSSR count). The SMILES string of the molecule is CC[C@@H](C)[C@@H](NC(=O)COc1ccc(Cl)cc1C(N)=O)C(=O)OC. The first-order chi connectivity index (χ1) is 11.3. The summed E-state index contributed by atoms with van der Waals surface area (Å²) in [5.74, 6) is -1.73. The van der Waals surface area contributed by atoms with Gasteiger partial charge in [0.1, 0.15) is 11.8 Å². The summed E-state index contributed by atoms with van der Waals surface area (Å²) in [5, 5.41) is 2.89. The molecule has 2 amide bonds. The maximum atomic E-state index is 12.0. The highest BCUT2D eigenvalue weighted by Crippen LogP contribution is 2.22. The van der Waals surface area contributed by atoms with Crippen molar-refractivity contribution in [2.75, 3.05) is 13.7 Å². The maximum Gasteiger partial charge on any atom is 0.328 e. The molecule has 1 aromatic rings. The highest BCUT2D eigenvalue weighted by atomic mass is 35.5. The largest absolute Gasteiger partial charge is 0.483 e. The van der Waals surface area contributed by atoms with Crippen LogP contribution in [0.1, 0.15) is 30.6 Å². The second-order valence-corrected chi connectivity index (χ2v) is 5.68. The van der Waals surface area contributed by atoms with Gasteiger partial charge in [-0.15, -0.1) is 0 Å². The predicted molar refractivity (Wildman–Crippen MR) is 88.9 cm³/mol. The van der Waals surface area contributed by atoms with Crippen molar-refractivity contribution in [3.8, 4) is 5.75 Å². The summed E-state index contributed by atoms with van der Waals surface area (Å²) < 4.78 is 10.0. The summed E-state index contributed by atoms with van der Waals surface area (Å²) in [6.45, 7) is 3.34.